The number of hydrogen-bond donors (Lipinski definition) is 2. The van der Waals surface area contributed by atoms with Crippen LogP contribution in [0, 0.1) is 18.6 Å². The van der Waals surface area contributed by atoms with Crippen molar-refractivity contribution in [3.63, 3.8) is 0 Å². The average molecular weight is 473 g/mol. The van der Waals surface area contributed by atoms with Crippen LogP contribution in [0.2, 0.25) is 5.02 Å². The molecule has 0 unspecified atom stereocenters. The van der Waals surface area contributed by atoms with E-state index in [2.05, 4.69) is 10.4 Å². The van der Waals surface area contributed by atoms with Crippen LogP contribution >= 0.6 is 23.2 Å². The molecule has 1 atom stereocenters. The summed E-state index contributed by atoms with van der Waals surface area (Å²) in [6.45, 7) is 2.40. The van der Waals surface area contributed by atoms with Crippen molar-refractivity contribution in [1.82, 2.24) is 4.68 Å². The van der Waals surface area contributed by atoms with Gasteiger partial charge in [-0.3, -0.25) is 0 Å². The standard InChI is InChI=1S/C18H19Cl2F5N4O/c1-9-16(20)15(17(29(9)27-8-26)28-10(2)18(23,24)25)14-12(21)6-11(7-13(14)22)30-5-3-4-19/h6-8,10,28H,3-5H2,1-2H3,(H2,26,27)/t10-/m0/s1. The van der Waals surface area contributed by atoms with E-state index in [1.807, 2.05) is 0 Å². The highest BCUT2D eigenvalue weighted by Gasteiger charge is 2.38. The Kier molecular flexibility index (Phi) is 7.81. The number of rotatable bonds is 8. The van der Waals surface area contributed by atoms with Gasteiger partial charge in [0.15, 0.2) is 0 Å². The number of aromatic nitrogens is 1. The predicted octanol–water partition coefficient (Wildman–Crippen LogP) is 5.52. The number of nitrogens with zero attached hydrogens (tertiary/aromatic N) is 2. The van der Waals surface area contributed by atoms with Crippen LogP contribution in [0.5, 0.6) is 5.75 Å². The fraction of sp³-hybridized carbons (Fsp3) is 0.389. The summed E-state index contributed by atoms with van der Waals surface area (Å²) in [7, 11) is 0. The second-order valence-corrected chi connectivity index (χ2v) is 7.02. The zero-order chi connectivity index (χ0) is 22.6. The molecule has 0 amide bonds. The van der Waals surface area contributed by atoms with Crippen molar-refractivity contribution < 1.29 is 26.7 Å². The minimum Gasteiger partial charge on any atom is -0.493 e. The third kappa shape index (κ3) is 5.10. The van der Waals surface area contributed by atoms with Gasteiger partial charge in [-0.2, -0.15) is 18.3 Å². The van der Waals surface area contributed by atoms with Crippen LogP contribution in [-0.4, -0.2) is 35.7 Å². The molecule has 0 aliphatic carbocycles. The summed E-state index contributed by atoms with van der Waals surface area (Å²) in [5.74, 6) is -2.30. The molecule has 166 valence electrons. The van der Waals surface area contributed by atoms with Gasteiger partial charge in [-0.25, -0.2) is 13.5 Å². The maximum Gasteiger partial charge on any atom is 0.408 e. The maximum atomic E-state index is 14.8. The molecule has 2 rings (SSSR count). The first-order valence-corrected chi connectivity index (χ1v) is 9.60. The van der Waals surface area contributed by atoms with E-state index in [9.17, 15) is 22.0 Å². The van der Waals surface area contributed by atoms with Crippen molar-refractivity contribution in [2.75, 3.05) is 17.8 Å². The van der Waals surface area contributed by atoms with E-state index in [0.717, 1.165) is 30.1 Å². The molecule has 0 saturated carbocycles. The first-order chi connectivity index (χ1) is 14.0. The minimum absolute atomic E-state index is 0.0932. The van der Waals surface area contributed by atoms with Crippen LogP contribution in [-0.2, 0) is 0 Å². The highest BCUT2D eigenvalue weighted by Crippen LogP contribution is 2.44. The Bertz CT molecular complexity index is 907. The van der Waals surface area contributed by atoms with Crippen LogP contribution < -0.4 is 15.8 Å². The van der Waals surface area contributed by atoms with Gasteiger partial charge in [0, 0.05) is 18.0 Å². The Morgan fingerprint density at radius 2 is 1.87 bits per heavy atom. The molecule has 0 aliphatic heterocycles. The van der Waals surface area contributed by atoms with Gasteiger partial charge in [-0.05, 0) is 20.3 Å². The van der Waals surface area contributed by atoms with Crippen molar-refractivity contribution in [3.05, 3.63) is 34.5 Å². The van der Waals surface area contributed by atoms with E-state index in [1.165, 1.54) is 6.92 Å². The molecule has 1 heterocycles. The third-order valence-electron chi connectivity index (χ3n) is 4.14. The molecule has 0 bridgehead atoms. The highest BCUT2D eigenvalue weighted by molar-refractivity contribution is 6.35. The molecular weight excluding hydrogens is 454 g/mol. The van der Waals surface area contributed by atoms with Crippen molar-refractivity contribution in [3.8, 4) is 16.9 Å². The van der Waals surface area contributed by atoms with Crippen molar-refractivity contribution in [2.24, 2.45) is 10.8 Å². The molecule has 30 heavy (non-hydrogen) atoms. The Labute approximate surface area is 179 Å². The molecule has 0 radical (unpaired) electrons. The number of halogens is 7. The number of benzene rings is 1. The number of alkyl halides is 4. The van der Waals surface area contributed by atoms with Crippen LogP contribution in [0.15, 0.2) is 17.2 Å². The van der Waals surface area contributed by atoms with Gasteiger partial charge >= 0.3 is 6.18 Å². The smallest absolute Gasteiger partial charge is 0.408 e. The monoisotopic (exact) mass is 472 g/mol. The van der Waals surface area contributed by atoms with Crippen molar-refractivity contribution in [1.29, 1.82) is 0 Å². The lowest BCUT2D eigenvalue weighted by Gasteiger charge is -2.20. The molecule has 0 saturated heterocycles. The molecule has 0 aliphatic rings. The number of ether oxygens (including phenoxy) is 1. The van der Waals surface area contributed by atoms with Crippen LogP contribution in [0.3, 0.4) is 0 Å². The van der Waals surface area contributed by atoms with Gasteiger partial charge in [0.25, 0.3) is 0 Å². The molecule has 0 fully saturated rings. The zero-order valence-corrected chi connectivity index (χ0v) is 17.5. The summed E-state index contributed by atoms with van der Waals surface area (Å²) in [5.41, 5.74) is 4.45. The Morgan fingerprint density at radius 1 is 1.27 bits per heavy atom. The summed E-state index contributed by atoms with van der Waals surface area (Å²) in [6, 6.07) is -0.241. The van der Waals surface area contributed by atoms with E-state index in [4.69, 9.17) is 33.7 Å². The van der Waals surface area contributed by atoms with Gasteiger partial charge in [0.2, 0.25) is 0 Å². The van der Waals surface area contributed by atoms with Crippen LogP contribution in [0.25, 0.3) is 11.1 Å². The fourth-order valence-corrected chi connectivity index (χ4v) is 3.00. The largest absolute Gasteiger partial charge is 0.493 e. The molecule has 0 spiro atoms. The van der Waals surface area contributed by atoms with Crippen LogP contribution in [0.4, 0.5) is 27.8 Å². The fourth-order valence-electron chi connectivity index (χ4n) is 2.63. The number of hydrogen-bond acceptors (Lipinski definition) is 3. The van der Waals surface area contributed by atoms with Gasteiger partial charge in [-0.1, -0.05) is 11.6 Å². The lowest BCUT2D eigenvalue weighted by atomic mass is 10.1. The van der Waals surface area contributed by atoms with Gasteiger partial charge in [0.1, 0.15) is 35.6 Å². The van der Waals surface area contributed by atoms with E-state index < -0.39 is 29.4 Å². The minimum atomic E-state index is -4.64. The second-order valence-electron chi connectivity index (χ2n) is 6.26. The second kappa shape index (κ2) is 9.74. The highest BCUT2D eigenvalue weighted by atomic mass is 35.5. The summed E-state index contributed by atoms with van der Waals surface area (Å²) in [6.07, 6.45) is -3.37. The molecule has 1 aromatic heterocycles. The van der Waals surface area contributed by atoms with E-state index in [-0.39, 0.29) is 34.5 Å². The summed E-state index contributed by atoms with van der Waals surface area (Å²) >= 11 is 11.8. The molecule has 5 nitrogen and oxygen atoms in total. The molecule has 2 aromatic rings. The number of nitrogens with two attached hydrogens (primary N) is 1. The molecule has 3 N–H and O–H groups in total. The van der Waals surface area contributed by atoms with E-state index in [0.29, 0.717) is 12.3 Å². The number of anilines is 1. The lowest BCUT2D eigenvalue weighted by Crippen LogP contribution is -2.34. The van der Waals surface area contributed by atoms with Gasteiger partial charge < -0.3 is 15.8 Å². The first-order valence-electron chi connectivity index (χ1n) is 8.69. The quantitative estimate of drug-likeness (QED) is 0.175. The Balaban J connectivity index is 2.65. The van der Waals surface area contributed by atoms with E-state index >= 15 is 0 Å². The normalized spacial score (nSPS) is 13.1. The summed E-state index contributed by atoms with van der Waals surface area (Å²) in [4.78, 5) is 0. The van der Waals surface area contributed by atoms with Crippen LogP contribution in [0.1, 0.15) is 19.0 Å². The maximum absolute atomic E-state index is 14.8. The predicted molar refractivity (Wildman–Crippen MR) is 108 cm³/mol. The third-order valence-corrected chi connectivity index (χ3v) is 4.87. The van der Waals surface area contributed by atoms with Gasteiger partial charge in [-0.15, -0.1) is 11.6 Å². The number of nitrogens with one attached hydrogen (secondary N) is 1. The molecule has 1 aromatic carbocycles. The Morgan fingerprint density at radius 3 is 2.37 bits per heavy atom. The lowest BCUT2D eigenvalue weighted by molar-refractivity contribution is -0.138. The van der Waals surface area contributed by atoms with Crippen molar-refractivity contribution >= 4 is 35.4 Å². The first kappa shape index (κ1) is 24.1. The molecular formula is C18H19Cl2F5N4O. The average Bonchev–Trinajstić information content (AvgIpc) is 2.86. The summed E-state index contributed by atoms with van der Waals surface area (Å²) < 4.78 is 75.2. The van der Waals surface area contributed by atoms with Crippen molar-refractivity contribution in [2.45, 2.75) is 32.5 Å². The SMILES string of the molecule is Cc1c(Cl)c(-c2c(F)cc(OCCCCl)cc2F)c(N[C@@H](C)C(F)(F)F)n1/N=C\N. The van der Waals surface area contributed by atoms with E-state index in [1.54, 1.807) is 0 Å². The zero-order valence-electron chi connectivity index (χ0n) is 16.0. The Hall–Kier alpha value is -2.20. The van der Waals surface area contributed by atoms with Gasteiger partial charge in [0.05, 0.1) is 28.5 Å². The summed E-state index contributed by atoms with van der Waals surface area (Å²) in [5, 5.41) is 5.74. The molecule has 12 heteroatoms. The topological polar surface area (TPSA) is 64.6 Å².